The Balaban J connectivity index is 1.48. The summed E-state index contributed by atoms with van der Waals surface area (Å²) in [5.41, 5.74) is 3.28. The third-order valence-corrected chi connectivity index (χ3v) is 5.34. The predicted molar refractivity (Wildman–Crippen MR) is 97.5 cm³/mol. The molecule has 2 amide bonds. The van der Waals surface area contributed by atoms with E-state index in [1.165, 1.54) is 11.1 Å². The quantitative estimate of drug-likeness (QED) is 0.776. The van der Waals surface area contributed by atoms with Crippen molar-refractivity contribution in [2.24, 2.45) is 5.92 Å². The minimum Gasteiger partial charge on any atom is -0.337 e. The Morgan fingerprint density at radius 3 is 2.48 bits per heavy atom. The average Bonchev–Trinajstić information content (AvgIpc) is 3.03. The van der Waals surface area contributed by atoms with Crippen LogP contribution in [0.1, 0.15) is 17.5 Å². The first-order valence-electron chi connectivity index (χ1n) is 8.56. The van der Waals surface area contributed by atoms with Gasteiger partial charge in [-0.15, -0.1) is 0 Å². The van der Waals surface area contributed by atoms with Crippen molar-refractivity contribution in [3.05, 3.63) is 64.7 Å². The van der Waals surface area contributed by atoms with E-state index in [1.54, 1.807) is 17.0 Å². The van der Waals surface area contributed by atoms with Crippen LogP contribution >= 0.6 is 11.6 Å². The van der Waals surface area contributed by atoms with E-state index < -0.39 is 5.92 Å². The number of carbonyl (C=O) groups excluding carboxylic acids is 2. The Kier molecular flexibility index (Phi) is 4.22. The van der Waals surface area contributed by atoms with Crippen LogP contribution < -0.4 is 4.90 Å². The zero-order valence-electron chi connectivity index (χ0n) is 13.8. The fourth-order valence-electron chi connectivity index (χ4n) is 3.69. The molecule has 0 aliphatic carbocycles. The maximum absolute atomic E-state index is 12.9. The highest BCUT2D eigenvalue weighted by Crippen LogP contribution is 2.29. The van der Waals surface area contributed by atoms with Crippen LogP contribution in [0, 0.1) is 5.92 Å². The van der Waals surface area contributed by atoms with Gasteiger partial charge in [0.15, 0.2) is 0 Å². The normalized spacial score (nSPS) is 19.9. The molecule has 1 fully saturated rings. The van der Waals surface area contributed by atoms with Crippen molar-refractivity contribution in [1.82, 2.24) is 4.90 Å². The zero-order chi connectivity index (χ0) is 17.4. The number of nitrogens with zero attached hydrogens (tertiary/aromatic N) is 2. The van der Waals surface area contributed by atoms with Crippen LogP contribution in [0.25, 0.3) is 0 Å². The van der Waals surface area contributed by atoms with Crippen molar-refractivity contribution >= 4 is 29.1 Å². The molecule has 0 radical (unpaired) electrons. The molecular weight excluding hydrogens is 336 g/mol. The lowest BCUT2D eigenvalue weighted by molar-refractivity contribution is -0.140. The number of hydrogen-bond donors (Lipinski definition) is 0. The summed E-state index contributed by atoms with van der Waals surface area (Å²) in [5.74, 6) is -0.719. The topological polar surface area (TPSA) is 40.6 Å². The fraction of sp³-hybridized carbons (Fsp3) is 0.300. The van der Waals surface area contributed by atoms with Crippen molar-refractivity contribution in [2.75, 3.05) is 18.0 Å². The monoisotopic (exact) mass is 354 g/mol. The van der Waals surface area contributed by atoms with E-state index in [1.807, 2.05) is 29.2 Å². The summed E-state index contributed by atoms with van der Waals surface area (Å²) in [6.45, 7) is 1.85. The predicted octanol–water partition coefficient (Wildman–Crippen LogP) is 3.28. The molecule has 4 nitrogen and oxygen atoms in total. The van der Waals surface area contributed by atoms with Crippen LogP contribution in [0.5, 0.6) is 0 Å². The number of amides is 2. The van der Waals surface area contributed by atoms with Crippen LogP contribution in [0.2, 0.25) is 5.02 Å². The number of anilines is 1. The second-order valence-electron chi connectivity index (χ2n) is 6.59. The molecule has 2 aliphatic rings. The standard InChI is InChI=1S/C20H19ClN2O2/c21-16-5-7-17(8-6-16)23-12-10-18(20(23)25)19(24)22-11-9-14-3-1-2-4-15(14)13-22/h1-8,18H,9-13H2. The van der Waals surface area contributed by atoms with Gasteiger partial charge in [-0.1, -0.05) is 35.9 Å². The first-order chi connectivity index (χ1) is 12.1. The van der Waals surface area contributed by atoms with Gasteiger partial charge >= 0.3 is 0 Å². The first kappa shape index (κ1) is 16.2. The van der Waals surface area contributed by atoms with Gasteiger partial charge in [0, 0.05) is 30.3 Å². The highest BCUT2D eigenvalue weighted by molar-refractivity contribution is 6.30. The van der Waals surface area contributed by atoms with E-state index in [9.17, 15) is 9.59 Å². The summed E-state index contributed by atoms with van der Waals surface area (Å²) in [5, 5.41) is 0.634. The number of benzene rings is 2. The maximum atomic E-state index is 12.9. The summed E-state index contributed by atoms with van der Waals surface area (Å²) in [4.78, 5) is 29.2. The minimum atomic E-state index is -0.569. The number of hydrogen-bond acceptors (Lipinski definition) is 2. The smallest absolute Gasteiger partial charge is 0.239 e. The van der Waals surface area contributed by atoms with E-state index >= 15 is 0 Å². The summed E-state index contributed by atoms with van der Waals surface area (Å²) in [6, 6.07) is 15.4. The lowest BCUT2D eigenvalue weighted by atomic mass is 9.98. The van der Waals surface area contributed by atoms with Crippen LogP contribution in [0.3, 0.4) is 0 Å². The van der Waals surface area contributed by atoms with Gasteiger partial charge < -0.3 is 9.80 Å². The molecule has 5 heteroatoms. The van der Waals surface area contributed by atoms with Gasteiger partial charge in [-0.25, -0.2) is 0 Å². The molecule has 0 spiro atoms. The second-order valence-corrected chi connectivity index (χ2v) is 7.02. The van der Waals surface area contributed by atoms with Crippen molar-refractivity contribution in [3.63, 3.8) is 0 Å². The summed E-state index contributed by atoms with van der Waals surface area (Å²) in [7, 11) is 0. The molecule has 1 saturated heterocycles. The molecular formula is C20H19ClN2O2. The number of rotatable bonds is 2. The molecule has 0 bridgehead atoms. The van der Waals surface area contributed by atoms with Gasteiger partial charge in [0.2, 0.25) is 11.8 Å². The van der Waals surface area contributed by atoms with E-state index in [2.05, 4.69) is 12.1 Å². The third-order valence-electron chi connectivity index (χ3n) is 5.08. The van der Waals surface area contributed by atoms with Gasteiger partial charge in [0.25, 0.3) is 0 Å². The van der Waals surface area contributed by atoms with Crippen molar-refractivity contribution in [1.29, 1.82) is 0 Å². The number of carbonyl (C=O) groups is 2. The molecule has 0 saturated carbocycles. The largest absolute Gasteiger partial charge is 0.337 e. The molecule has 25 heavy (non-hydrogen) atoms. The molecule has 1 unspecified atom stereocenters. The Labute approximate surface area is 152 Å². The molecule has 1 atom stereocenters. The maximum Gasteiger partial charge on any atom is 0.239 e. The van der Waals surface area contributed by atoms with Gasteiger partial charge in [0.05, 0.1) is 0 Å². The Morgan fingerprint density at radius 2 is 1.72 bits per heavy atom. The van der Waals surface area contributed by atoms with E-state index in [4.69, 9.17) is 11.6 Å². The van der Waals surface area contributed by atoms with E-state index in [-0.39, 0.29) is 11.8 Å². The SMILES string of the molecule is O=C(C1CCN(c2ccc(Cl)cc2)C1=O)N1CCc2ccccc2C1. The van der Waals surface area contributed by atoms with Crippen LogP contribution in [0.4, 0.5) is 5.69 Å². The Bertz CT molecular complexity index is 819. The molecule has 2 heterocycles. The highest BCUT2D eigenvalue weighted by atomic mass is 35.5. The molecule has 2 aromatic carbocycles. The first-order valence-corrected chi connectivity index (χ1v) is 8.94. The molecule has 0 N–H and O–H groups in total. The van der Waals surface area contributed by atoms with Crippen molar-refractivity contribution < 1.29 is 9.59 Å². The lowest BCUT2D eigenvalue weighted by Crippen LogP contribution is -2.42. The molecule has 0 aromatic heterocycles. The van der Waals surface area contributed by atoms with Gasteiger partial charge in [-0.3, -0.25) is 9.59 Å². The molecule has 128 valence electrons. The van der Waals surface area contributed by atoms with Crippen LogP contribution in [-0.2, 0) is 22.6 Å². The summed E-state index contributed by atoms with van der Waals surface area (Å²) < 4.78 is 0. The highest BCUT2D eigenvalue weighted by Gasteiger charge is 2.40. The lowest BCUT2D eigenvalue weighted by Gasteiger charge is -2.30. The van der Waals surface area contributed by atoms with E-state index in [0.717, 1.165) is 12.1 Å². The Hall–Kier alpha value is -2.33. The number of halogens is 1. The van der Waals surface area contributed by atoms with Gasteiger partial charge in [-0.05, 0) is 48.2 Å². The van der Waals surface area contributed by atoms with Crippen LogP contribution in [-0.4, -0.2) is 29.8 Å². The molecule has 4 rings (SSSR count). The third kappa shape index (κ3) is 3.02. The van der Waals surface area contributed by atoms with Gasteiger partial charge in [-0.2, -0.15) is 0 Å². The fourth-order valence-corrected chi connectivity index (χ4v) is 3.82. The molecule has 2 aromatic rings. The second kappa shape index (κ2) is 6.52. The van der Waals surface area contributed by atoms with Crippen molar-refractivity contribution in [2.45, 2.75) is 19.4 Å². The minimum absolute atomic E-state index is 0.0454. The van der Waals surface area contributed by atoms with E-state index in [0.29, 0.717) is 31.1 Å². The Morgan fingerprint density at radius 1 is 1.00 bits per heavy atom. The zero-order valence-corrected chi connectivity index (χ0v) is 14.6. The van der Waals surface area contributed by atoms with Crippen molar-refractivity contribution in [3.8, 4) is 0 Å². The summed E-state index contributed by atoms with van der Waals surface area (Å²) >= 11 is 5.91. The molecule has 2 aliphatic heterocycles. The number of fused-ring (bicyclic) bond motifs is 1. The van der Waals surface area contributed by atoms with Gasteiger partial charge in [0.1, 0.15) is 5.92 Å². The average molecular weight is 355 g/mol. The summed E-state index contributed by atoms with van der Waals surface area (Å²) in [6.07, 6.45) is 1.42. The van der Waals surface area contributed by atoms with Crippen LogP contribution in [0.15, 0.2) is 48.5 Å².